The van der Waals surface area contributed by atoms with E-state index in [-0.39, 0.29) is 11.7 Å². The largest absolute Gasteiger partial charge is 0.481 e. The van der Waals surface area contributed by atoms with Gasteiger partial charge >= 0.3 is 5.97 Å². The van der Waals surface area contributed by atoms with Crippen molar-refractivity contribution < 1.29 is 19.5 Å². The Balaban J connectivity index is 1.60. The number of piperazine rings is 1. The summed E-state index contributed by atoms with van der Waals surface area (Å²) in [4.78, 5) is 39.3. The molecular formula is C19H24N2O4. The molecule has 1 saturated carbocycles. The van der Waals surface area contributed by atoms with Crippen LogP contribution in [0.4, 0.5) is 5.69 Å². The van der Waals surface area contributed by atoms with E-state index < -0.39 is 23.2 Å². The molecule has 1 aromatic carbocycles. The molecule has 0 aromatic heterocycles. The molecule has 1 aliphatic carbocycles. The van der Waals surface area contributed by atoms with Crippen molar-refractivity contribution in [1.82, 2.24) is 4.90 Å². The van der Waals surface area contributed by atoms with E-state index in [9.17, 15) is 19.5 Å². The van der Waals surface area contributed by atoms with E-state index in [0.717, 1.165) is 5.69 Å². The molecule has 1 heterocycles. The molecule has 1 amide bonds. The normalized spacial score (nSPS) is 24.8. The van der Waals surface area contributed by atoms with Gasteiger partial charge < -0.3 is 14.9 Å². The van der Waals surface area contributed by atoms with Gasteiger partial charge in [-0.25, -0.2) is 0 Å². The minimum Gasteiger partial charge on any atom is -0.481 e. The summed E-state index contributed by atoms with van der Waals surface area (Å²) in [5.41, 5.74) is 1.27. The average molecular weight is 344 g/mol. The van der Waals surface area contributed by atoms with Crippen molar-refractivity contribution in [2.24, 2.45) is 17.3 Å². The third-order valence-corrected chi connectivity index (χ3v) is 5.59. The maximum absolute atomic E-state index is 12.7. The van der Waals surface area contributed by atoms with Gasteiger partial charge in [-0.2, -0.15) is 0 Å². The first-order valence-corrected chi connectivity index (χ1v) is 8.61. The molecule has 2 aliphatic rings. The molecule has 25 heavy (non-hydrogen) atoms. The van der Waals surface area contributed by atoms with Crippen molar-refractivity contribution in [1.29, 1.82) is 0 Å². The second-order valence-corrected chi connectivity index (χ2v) is 7.53. The lowest BCUT2D eigenvalue weighted by Gasteiger charge is -2.36. The molecule has 134 valence electrons. The second-order valence-electron chi connectivity index (χ2n) is 7.53. The van der Waals surface area contributed by atoms with Crippen LogP contribution in [0.15, 0.2) is 24.3 Å². The number of benzene rings is 1. The molecule has 1 N–H and O–H groups in total. The van der Waals surface area contributed by atoms with E-state index in [0.29, 0.717) is 31.7 Å². The standard InChI is InChI=1S/C19H24N2O4/c1-12(22)13-4-6-14(7-5-13)20-8-10-21(11-9-20)17(23)15-16(18(24)25)19(15,2)3/h4-7,15-16H,8-11H2,1-3H3,(H,24,25)/t15-,16+/m1/s1. The van der Waals surface area contributed by atoms with Gasteiger partial charge in [-0.05, 0) is 36.6 Å². The van der Waals surface area contributed by atoms with Crippen molar-refractivity contribution >= 4 is 23.3 Å². The van der Waals surface area contributed by atoms with Gasteiger partial charge in [0.15, 0.2) is 5.78 Å². The fourth-order valence-electron chi connectivity index (χ4n) is 3.85. The zero-order chi connectivity index (χ0) is 18.4. The molecule has 0 radical (unpaired) electrons. The summed E-state index contributed by atoms with van der Waals surface area (Å²) in [6.07, 6.45) is 0. The summed E-state index contributed by atoms with van der Waals surface area (Å²) in [6, 6.07) is 7.50. The van der Waals surface area contributed by atoms with Gasteiger partial charge in [0.25, 0.3) is 0 Å². The minimum atomic E-state index is -0.882. The molecule has 0 spiro atoms. The molecule has 1 aliphatic heterocycles. The van der Waals surface area contributed by atoms with E-state index in [4.69, 9.17) is 0 Å². The first kappa shape index (κ1) is 17.5. The molecule has 0 bridgehead atoms. The predicted molar refractivity (Wildman–Crippen MR) is 93.6 cm³/mol. The lowest BCUT2D eigenvalue weighted by molar-refractivity contribution is -0.142. The van der Waals surface area contributed by atoms with Crippen LogP contribution in [-0.2, 0) is 9.59 Å². The zero-order valence-electron chi connectivity index (χ0n) is 14.9. The van der Waals surface area contributed by atoms with Crippen molar-refractivity contribution in [3.05, 3.63) is 29.8 Å². The van der Waals surface area contributed by atoms with Crippen molar-refractivity contribution in [2.45, 2.75) is 20.8 Å². The number of anilines is 1. The molecule has 2 atom stereocenters. The van der Waals surface area contributed by atoms with Crippen LogP contribution in [0.2, 0.25) is 0 Å². The highest BCUT2D eigenvalue weighted by atomic mass is 16.4. The summed E-state index contributed by atoms with van der Waals surface area (Å²) < 4.78 is 0. The maximum atomic E-state index is 12.7. The van der Waals surface area contributed by atoms with E-state index >= 15 is 0 Å². The summed E-state index contributed by atoms with van der Waals surface area (Å²) in [7, 11) is 0. The monoisotopic (exact) mass is 344 g/mol. The fourth-order valence-corrected chi connectivity index (χ4v) is 3.85. The molecule has 1 aromatic rings. The van der Waals surface area contributed by atoms with Crippen molar-refractivity contribution in [3.63, 3.8) is 0 Å². The number of amides is 1. The predicted octanol–water partition coefficient (Wildman–Crippen LogP) is 1.89. The Morgan fingerprint density at radius 1 is 1.00 bits per heavy atom. The van der Waals surface area contributed by atoms with Crippen molar-refractivity contribution in [2.75, 3.05) is 31.1 Å². The third-order valence-electron chi connectivity index (χ3n) is 5.59. The van der Waals surface area contributed by atoms with Gasteiger partial charge in [-0.3, -0.25) is 14.4 Å². The summed E-state index contributed by atoms with van der Waals surface area (Å²) >= 11 is 0. The summed E-state index contributed by atoms with van der Waals surface area (Å²) in [6.45, 7) is 7.83. The number of nitrogens with zero attached hydrogens (tertiary/aromatic N) is 2. The molecule has 6 heteroatoms. The fraction of sp³-hybridized carbons (Fsp3) is 0.526. The smallest absolute Gasteiger partial charge is 0.307 e. The minimum absolute atomic E-state index is 0.0380. The second kappa shape index (κ2) is 6.17. The number of rotatable bonds is 4. The number of aliphatic carboxylic acids is 1. The van der Waals surface area contributed by atoms with Crippen LogP contribution in [0.1, 0.15) is 31.1 Å². The maximum Gasteiger partial charge on any atom is 0.307 e. The number of Topliss-reactive ketones (excluding diaryl/α,β-unsaturated/α-hetero) is 1. The molecule has 1 saturated heterocycles. The Bertz CT molecular complexity index is 703. The number of hydrogen-bond acceptors (Lipinski definition) is 4. The first-order valence-electron chi connectivity index (χ1n) is 8.61. The molecule has 2 fully saturated rings. The van der Waals surface area contributed by atoms with Crippen LogP contribution in [0.25, 0.3) is 0 Å². The van der Waals surface area contributed by atoms with E-state index in [1.165, 1.54) is 0 Å². The average Bonchev–Trinajstić information content (AvgIpc) is 3.17. The Labute approximate surface area is 147 Å². The van der Waals surface area contributed by atoms with Crippen LogP contribution in [0.5, 0.6) is 0 Å². The van der Waals surface area contributed by atoms with Gasteiger partial charge in [0, 0.05) is 37.4 Å². The lowest BCUT2D eigenvalue weighted by Crippen LogP contribution is -2.49. The van der Waals surface area contributed by atoms with Gasteiger partial charge in [0.1, 0.15) is 0 Å². The highest BCUT2D eigenvalue weighted by Gasteiger charge is 2.66. The molecule has 3 rings (SSSR count). The molecule has 6 nitrogen and oxygen atoms in total. The van der Waals surface area contributed by atoms with Crippen LogP contribution in [-0.4, -0.2) is 53.8 Å². The Hall–Kier alpha value is -2.37. The van der Waals surface area contributed by atoms with E-state index in [1.54, 1.807) is 11.8 Å². The Kier molecular flexibility index (Phi) is 4.31. The number of carboxylic acid groups (broad SMARTS) is 1. The number of ketones is 1. The van der Waals surface area contributed by atoms with E-state index in [1.807, 2.05) is 38.1 Å². The van der Waals surface area contributed by atoms with Gasteiger partial charge in [-0.15, -0.1) is 0 Å². The van der Waals surface area contributed by atoms with E-state index in [2.05, 4.69) is 4.90 Å². The van der Waals surface area contributed by atoms with Crippen LogP contribution >= 0.6 is 0 Å². The number of carboxylic acids is 1. The summed E-state index contributed by atoms with van der Waals surface area (Å²) in [5, 5.41) is 9.26. The number of carbonyl (C=O) groups excluding carboxylic acids is 2. The Morgan fingerprint density at radius 2 is 1.56 bits per heavy atom. The van der Waals surface area contributed by atoms with Crippen LogP contribution in [0, 0.1) is 17.3 Å². The number of carbonyl (C=O) groups is 3. The van der Waals surface area contributed by atoms with Crippen molar-refractivity contribution in [3.8, 4) is 0 Å². The molecular weight excluding hydrogens is 320 g/mol. The SMILES string of the molecule is CC(=O)c1ccc(N2CCN(C(=O)[C@H]3[C@@H](C(=O)O)C3(C)C)CC2)cc1. The quantitative estimate of drug-likeness (QED) is 0.844. The summed E-state index contributed by atoms with van der Waals surface area (Å²) in [5.74, 6) is -1.86. The van der Waals surface area contributed by atoms with Crippen LogP contribution in [0.3, 0.4) is 0 Å². The highest BCUT2D eigenvalue weighted by molar-refractivity contribution is 5.94. The lowest BCUT2D eigenvalue weighted by atomic mass is 10.1. The highest BCUT2D eigenvalue weighted by Crippen LogP contribution is 2.59. The molecule has 0 unspecified atom stereocenters. The van der Waals surface area contributed by atoms with Crippen LogP contribution < -0.4 is 4.90 Å². The first-order chi connectivity index (χ1) is 11.7. The van der Waals surface area contributed by atoms with Gasteiger partial charge in [0.2, 0.25) is 5.91 Å². The topological polar surface area (TPSA) is 77.9 Å². The van der Waals surface area contributed by atoms with Gasteiger partial charge in [0.05, 0.1) is 11.8 Å². The number of hydrogen-bond donors (Lipinski definition) is 1. The zero-order valence-corrected chi connectivity index (χ0v) is 14.9. The third kappa shape index (κ3) is 3.13. The van der Waals surface area contributed by atoms with Gasteiger partial charge in [-0.1, -0.05) is 13.8 Å². The Morgan fingerprint density at radius 3 is 2.00 bits per heavy atom.